The molecule has 1 amide bonds. The normalized spacial score (nSPS) is 11.7. The number of alkyl halides is 3. The topological polar surface area (TPSA) is 44.9 Å². The molecular formula is C16H10F4N2O. The number of rotatable bonds is 2. The first-order valence-electron chi connectivity index (χ1n) is 6.60. The number of nitrogens with one attached hydrogen (secondary N) is 2. The van der Waals surface area contributed by atoms with E-state index in [9.17, 15) is 22.4 Å². The van der Waals surface area contributed by atoms with Crippen molar-refractivity contribution >= 4 is 22.5 Å². The monoisotopic (exact) mass is 322 g/mol. The highest BCUT2D eigenvalue weighted by molar-refractivity contribution is 6.06. The lowest BCUT2D eigenvalue weighted by molar-refractivity contribution is -0.138. The molecule has 3 nitrogen and oxygen atoms in total. The fourth-order valence-corrected chi connectivity index (χ4v) is 2.28. The number of anilines is 1. The largest absolute Gasteiger partial charge is 0.417 e. The third-order valence-corrected chi connectivity index (χ3v) is 3.34. The van der Waals surface area contributed by atoms with Gasteiger partial charge in [-0.1, -0.05) is 0 Å². The number of hydrogen-bond acceptors (Lipinski definition) is 1. The summed E-state index contributed by atoms with van der Waals surface area (Å²) in [6, 6.07) is 8.60. The summed E-state index contributed by atoms with van der Waals surface area (Å²) >= 11 is 0. The number of carbonyl (C=O) groups excluding carboxylic acids is 1. The molecule has 3 rings (SSSR count). The van der Waals surface area contributed by atoms with Crippen molar-refractivity contribution in [3.05, 3.63) is 65.6 Å². The molecule has 0 aliphatic rings. The van der Waals surface area contributed by atoms with Crippen LogP contribution in [0.1, 0.15) is 15.9 Å². The summed E-state index contributed by atoms with van der Waals surface area (Å²) in [6.45, 7) is 0. The second kappa shape index (κ2) is 5.42. The fraction of sp³-hybridized carbons (Fsp3) is 0.0625. The maximum absolute atomic E-state index is 13.1. The van der Waals surface area contributed by atoms with Gasteiger partial charge in [0.1, 0.15) is 5.82 Å². The van der Waals surface area contributed by atoms with E-state index in [1.165, 1.54) is 0 Å². The van der Waals surface area contributed by atoms with E-state index < -0.39 is 29.0 Å². The molecule has 1 aromatic heterocycles. The molecule has 0 spiro atoms. The molecule has 2 aromatic carbocycles. The molecule has 3 aromatic rings. The van der Waals surface area contributed by atoms with Crippen LogP contribution in [0.4, 0.5) is 23.2 Å². The number of fused-ring (bicyclic) bond motifs is 1. The Hall–Kier alpha value is -2.83. The number of halogens is 4. The number of aromatic nitrogens is 1. The number of amides is 1. The van der Waals surface area contributed by atoms with Gasteiger partial charge in [-0.2, -0.15) is 13.2 Å². The highest BCUT2D eigenvalue weighted by Crippen LogP contribution is 2.33. The molecule has 0 unspecified atom stereocenters. The van der Waals surface area contributed by atoms with Gasteiger partial charge >= 0.3 is 6.18 Å². The number of H-pyrrole nitrogens is 1. The van der Waals surface area contributed by atoms with Gasteiger partial charge in [-0.15, -0.1) is 0 Å². The molecule has 1 heterocycles. The smallest absolute Gasteiger partial charge is 0.361 e. The number of benzene rings is 2. The Kier molecular flexibility index (Phi) is 3.55. The van der Waals surface area contributed by atoms with Crippen LogP contribution < -0.4 is 5.32 Å². The molecule has 0 aliphatic heterocycles. The van der Waals surface area contributed by atoms with Gasteiger partial charge in [-0.25, -0.2) is 4.39 Å². The number of carbonyl (C=O) groups is 1. The maximum atomic E-state index is 13.1. The zero-order chi connectivity index (χ0) is 16.6. The lowest BCUT2D eigenvalue weighted by atomic mass is 10.1. The molecule has 0 saturated heterocycles. The minimum absolute atomic E-state index is 0.310. The predicted molar refractivity (Wildman–Crippen MR) is 77.7 cm³/mol. The van der Waals surface area contributed by atoms with Crippen LogP contribution in [0.2, 0.25) is 0 Å². The van der Waals surface area contributed by atoms with Gasteiger partial charge < -0.3 is 10.3 Å². The minimum Gasteiger partial charge on any atom is -0.361 e. The van der Waals surface area contributed by atoms with Crippen LogP contribution in [0, 0.1) is 5.82 Å². The van der Waals surface area contributed by atoms with E-state index in [4.69, 9.17) is 0 Å². The Morgan fingerprint density at radius 2 is 1.83 bits per heavy atom. The maximum Gasteiger partial charge on any atom is 0.417 e. The van der Waals surface area contributed by atoms with Crippen molar-refractivity contribution in [3.8, 4) is 0 Å². The molecule has 0 fully saturated rings. The molecular weight excluding hydrogens is 312 g/mol. The zero-order valence-electron chi connectivity index (χ0n) is 11.5. The van der Waals surface area contributed by atoms with Crippen LogP contribution in [-0.2, 0) is 6.18 Å². The summed E-state index contributed by atoms with van der Waals surface area (Å²) in [5.74, 6) is -2.00. The van der Waals surface area contributed by atoms with Crippen molar-refractivity contribution in [2.75, 3.05) is 5.32 Å². The molecule has 118 valence electrons. The Labute approximate surface area is 127 Å². The van der Waals surface area contributed by atoms with E-state index in [0.29, 0.717) is 11.8 Å². The van der Waals surface area contributed by atoms with E-state index in [2.05, 4.69) is 10.3 Å². The van der Waals surface area contributed by atoms with Gasteiger partial charge in [0.25, 0.3) is 5.91 Å². The van der Waals surface area contributed by atoms with Crippen molar-refractivity contribution in [1.29, 1.82) is 0 Å². The fourth-order valence-electron chi connectivity index (χ4n) is 2.28. The average Bonchev–Trinajstić information content (AvgIpc) is 2.93. The van der Waals surface area contributed by atoms with Gasteiger partial charge in [0.05, 0.1) is 11.1 Å². The number of hydrogen-bond donors (Lipinski definition) is 2. The van der Waals surface area contributed by atoms with Gasteiger partial charge in [-0.05, 0) is 42.5 Å². The molecule has 7 heteroatoms. The van der Waals surface area contributed by atoms with Crippen molar-refractivity contribution in [3.63, 3.8) is 0 Å². The second-order valence-electron chi connectivity index (χ2n) is 4.92. The van der Waals surface area contributed by atoms with Crippen LogP contribution in [0.3, 0.4) is 0 Å². The zero-order valence-corrected chi connectivity index (χ0v) is 11.5. The first kappa shape index (κ1) is 15.1. The van der Waals surface area contributed by atoms with E-state index in [-0.39, 0.29) is 0 Å². The summed E-state index contributed by atoms with van der Waals surface area (Å²) in [4.78, 5) is 15.1. The molecule has 23 heavy (non-hydrogen) atoms. The van der Waals surface area contributed by atoms with Gasteiger partial charge in [0, 0.05) is 22.8 Å². The quantitative estimate of drug-likeness (QED) is 0.667. The van der Waals surface area contributed by atoms with E-state index in [1.807, 2.05) is 0 Å². The van der Waals surface area contributed by atoms with Crippen LogP contribution in [-0.4, -0.2) is 10.9 Å². The Morgan fingerprint density at radius 1 is 1.04 bits per heavy atom. The molecule has 0 atom stereocenters. The van der Waals surface area contributed by atoms with E-state index >= 15 is 0 Å². The lowest BCUT2D eigenvalue weighted by Crippen LogP contribution is -2.19. The first-order chi connectivity index (χ1) is 10.8. The lowest BCUT2D eigenvalue weighted by Gasteiger charge is -2.13. The average molecular weight is 322 g/mol. The minimum atomic E-state index is -4.82. The molecule has 0 radical (unpaired) electrons. The van der Waals surface area contributed by atoms with Crippen molar-refractivity contribution in [2.45, 2.75) is 6.18 Å². The summed E-state index contributed by atoms with van der Waals surface area (Å²) in [5.41, 5.74) is -0.758. The van der Waals surface area contributed by atoms with Gasteiger partial charge in [-0.3, -0.25) is 4.79 Å². The van der Waals surface area contributed by atoms with Gasteiger partial charge in [0.2, 0.25) is 0 Å². The van der Waals surface area contributed by atoms with E-state index in [1.54, 1.807) is 30.5 Å². The Bertz CT molecular complexity index is 883. The molecule has 0 aliphatic carbocycles. The molecule has 0 bridgehead atoms. The van der Waals surface area contributed by atoms with Crippen molar-refractivity contribution in [2.24, 2.45) is 0 Å². The van der Waals surface area contributed by atoms with E-state index in [0.717, 1.165) is 23.0 Å². The summed E-state index contributed by atoms with van der Waals surface area (Å²) < 4.78 is 51.9. The third kappa shape index (κ3) is 3.03. The standard InChI is InChI=1S/C16H10F4N2O/c17-10-1-3-12(13(8-10)16(18,19)20)15(23)22-11-2-4-14-9(7-11)5-6-21-14/h1-8,21H,(H,22,23). The highest BCUT2D eigenvalue weighted by Gasteiger charge is 2.35. The van der Waals surface area contributed by atoms with Crippen LogP contribution in [0.15, 0.2) is 48.7 Å². The molecule has 0 saturated carbocycles. The second-order valence-corrected chi connectivity index (χ2v) is 4.92. The van der Waals surface area contributed by atoms with Crippen LogP contribution in [0.5, 0.6) is 0 Å². The first-order valence-corrected chi connectivity index (χ1v) is 6.60. The van der Waals surface area contributed by atoms with Crippen molar-refractivity contribution < 1.29 is 22.4 Å². The van der Waals surface area contributed by atoms with Crippen molar-refractivity contribution in [1.82, 2.24) is 4.98 Å². The predicted octanol–water partition coefficient (Wildman–Crippen LogP) is 4.58. The highest BCUT2D eigenvalue weighted by atomic mass is 19.4. The summed E-state index contributed by atoms with van der Waals surface area (Å²) in [5, 5.41) is 3.20. The SMILES string of the molecule is O=C(Nc1ccc2[nH]ccc2c1)c1ccc(F)cc1C(F)(F)F. The van der Waals surface area contributed by atoms with Crippen LogP contribution >= 0.6 is 0 Å². The Morgan fingerprint density at radius 3 is 2.57 bits per heavy atom. The van der Waals surface area contributed by atoms with Gasteiger partial charge in [0.15, 0.2) is 0 Å². The molecule has 2 N–H and O–H groups in total. The third-order valence-electron chi connectivity index (χ3n) is 3.34. The van der Waals surface area contributed by atoms with Crippen LogP contribution in [0.25, 0.3) is 10.9 Å². The Balaban J connectivity index is 1.94. The summed E-state index contributed by atoms with van der Waals surface area (Å²) in [6.07, 6.45) is -3.11. The number of aromatic amines is 1. The summed E-state index contributed by atoms with van der Waals surface area (Å²) in [7, 11) is 0.